The van der Waals surface area contributed by atoms with Crippen molar-refractivity contribution in [1.82, 2.24) is 5.32 Å². The number of aliphatic hydroxyl groups is 1. The van der Waals surface area contributed by atoms with E-state index in [1.165, 1.54) is 0 Å². The number of amides is 1. The Kier molecular flexibility index (Phi) is 11.6. The first-order chi connectivity index (χ1) is 13.8. The zero-order chi connectivity index (χ0) is 21.7. The molecule has 1 aliphatic rings. The lowest BCUT2D eigenvalue weighted by Gasteiger charge is -2.28. The van der Waals surface area contributed by atoms with Crippen LogP contribution in [0.25, 0.3) is 0 Å². The highest BCUT2D eigenvalue weighted by atomic mass is 16.5. The van der Waals surface area contributed by atoms with Crippen LogP contribution in [0.15, 0.2) is 36.5 Å². The van der Waals surface area contributed by atoms with Crippen molar-refractivity contribution in [3.05, 3.63) is 36.5 Å². The van der Waals surface area contributed by atoms with Gasteiger partial charge in [0.2, 0.25) is 0 Å². The smallest absolute Gasteiger partial charge is 0.406 e. The average Bonchev–Trinajstić information content (AvgIpc) is 3.05. The number of nitrogens with one attached hydrogen (secondary N) is 1. The molecule has 2 N–H and O–H groups in total. The summed E-state index contributed by atoms with van der Waals surface area (Å²) in [6, 6.07) is 0. The Hall–Kier alpha value is -1.88. The van der Waals surface area contributed by atoms with Gasteiger partial charge in [-0.15, -0.1) is 0 Å². The van der Waals surface area contributed by atoms with E-state index in [2.05, 4.69) is 38.2 Å². The Balaban J connectivity index is 2.41. The first-order valence-electron chi connectivity index (χ1n) is 10.9. The molecule has 0 fully saturated rings. The predicted molar refractivity (Wildman–Crippen MR) is 118 cm³/mol. The molecule has 5 heteroatoms. The van der Waals surface area contributed by atoms with Crippen molar-refractivity contribution >= 4 is 11.9 Å². The molecule has 1 amide bonds. The summed E-state index contributed by atoms with van der Waals surface area (Å²) in [5.74, 6) is 0.123. The monoisotopic (exact) mass is 405 g/mol. The second kappa shape index (κ2) is 13.4. The number of hydrogen-bond donors (Lipinski definition) is 2. The fraction of sp³-hybridized carbons (Fsp3) is 0.667. The van der Waals surface area contributed by atoms with Crippen LogP contribution in [0.2, 0.25) is 0 Å². The van der Waals surface area contributed by atoms with Gasteiger partial charge in [0.15, 0.2) is 5.78 Å². The molecule has 0 bridgehead atoms. The summed E-state index contributed by atoms with van der Waals surface area (Å²) in [7, 11) is 1.54. The summed E-state index contributed by atoms with van der Waals surface area (Å²) < 4.78 is 4.94. The topological polar surface area (TPSA) is 75.6 Å². The number of alkyl carbamates (subject to hydrolysis) is 1. The largest absolute Gasteiger partial charge is 0.450 e. The second-order valence-corrected chi connectivity index (χ2v) is 8.46. The van der Waals surface area contributed by atoms with Crippen molar-refractivity contribution < 1.29 is 19.4 Å². The number of ether oxygens (including phenoxy) is 1. The molecular weight excluding hydrogens is 366 g/mol. The normalized spacial score (nSPS) is 20.7. The fourth-order valence-electron chi connectivity index (χ4n) is 3.36. The number of ketones is 1. The third kappa shape index (κ3) is 9.44. The highest BCUT2D eigenvalue weighted by Gasteiger charge is 2.29. The van der Waals surface area contributed by atoms with Crippen LogP contribution < -0.4 is 5.32 Å². The van der Waals surface area contributed by atoms with E-state index in [4.69, 9.17) is 4.74 Å². The minimum absolute atomic E-state index is 0.0460. The molecule has 0 unspecified atom stereocenters. The van der Waals surface area contributed by atoms with Gasteiger partial charge in [0.25, 0.3) is 0 Å². The van der Waals surface area contributed by atoms with E-state index in [1.54, 1.807) is 13.1 Å². The summed E-state index contributed by atoms with van der Waals surface area (Å²) in [5, 5.41) is 13.0. The molecule has 3 atom stereocenters. The molecule has 29 heavy (non-hydrogen) atoms. The zero-order valence-electron chi connectivity index (χ0n) is 18.5. The lowest BCUT2D eigenvalue weighted by molar-refractivity contribution is -0.117. The molecular formula is C24H39NO4. The van der Waals surface area contributed by atoms with Crippen LogP contribution in [-0.2, 0) is 9.53 Å². The average molecular weight is 406 g/mol. The maximum atomic E-state index is 12.2. The minimum atomic E-state index is -0.508. The molecule has 0 saturated carbocycles. The maximum absolute atomic E-state index is 12.2. The molecule has 164 valence electrons. The van der Waals surface area contributed by atoms with E-state index in [0.717, 1.165) is 38.5 Å². The van der Waals surface area contributed by atoms with Crippen LogP contribution >= 0.6 is 0 Å². The number of hydrogen-bond acceptors (Lipinski definition) is 4. The third-order valence-electron chi connectivity index (χ3n) is 5.56. The lowest BCUT2D eigenvalue weighted by atomic mass is 9.80. The van der Waals surface area contributed by atoms with E-state index in [9.17, 15) is 14.7 Å². The molecule has 0 saturated heterocycles. The van der Waals surface area contributed by atoms with Gasteiger partial charge in [0.1, 0.15) is 0 Å². The summed E-state index contributed by atoms with van der Waals surface area (Å²) >= 11 is 0. The van der Waals surface area contributed by atoms with E-state index in [0.29, 0.717) is 13.0 Å². The summed E-state index contributed by atoms with van der Waals surface area (Å²) in [6.07, 6.45) is 17.3. The zero-order valence-corrected chi connectivity index (χ0v) is 18.5. The molecule has 0 aromatic rings. The quantitative estimate of drug-likeness (QED) is 0.335. The second-order valence-electron chi connectivity index (χ2n) is 8.46. The van der Waals surface area contributed by atoms with Gasteiger partial charge in [-0.3, -0.25) is 4.79 Å². The predicted octanol–water partition coefficient (Wildman–Crippen LogP) is 4.96. The Bertz CT molecular complexity index is 592. The Morgan fingerprint density at radius 3 is 2.76 bits per heavy atom. The Labute approximate surface area is 176 Å². The van der Waals surface area contributed by atoms with Crippen molar-refractivity contribution in [2.24, 2.45) is 17.3 Å². The summed E-state index contributed by atoms with van der Waals surface area (Å²) in [4.78, 5) is 23.1. The third-order valence-corrected chi connectivity index (χ3v) is 5.56. The van der Waals surface area contributed by atoms with Gasteiger partial charge in [-0.2, -0.15) is 0 Å². The molecule has 0 radical (unpaired) electrons. The first kappa shape index (κ1) is 25.2. The van der Waals surface area contributed by atoms with Gasteiger partial charge >= 0.3 is 6.09 Å². The number of carbonyl (C=O) groups is 2. The summed E-state index contributed by atoms with van der Waals surface area (Å²) in [6.45, 7) is 6.76. The Morgan fingerprint density at radius 1 is 1.31 bits per heavy atom. The first-order valence-corrected chi connectivity index (χ1v) is 10.9. The van der Waals surface area contributed by atoms with Crippen LogP contribution in [0.4, 0.5) is 4.79 Å². The summed E-state index contributed by atoms with van der Waals surface area (Å²) in [5.41, 5.74) is -0.157. The SMILES string of the molecule is CCCCC(C)(C)[C@H](O)C=C[C@H]1C=CC(=O)[C@@H]1CC=CCCCCOC(=O)NC. The van der Waals surface area contributed by atoms with Crippen molar-refractivity contribution in [3.63, 3.8) is 0 Å². The molecule has 0 heterocycles. The van der Waals surface area contributed by atoms with Gasteiger partial charge in [-0.05, 0) is 43.6 Å². The van der Waals surface area contributed by atoms with Gasteiger partial charge in [-0.1, -0.05) is 64.0 Å². The van der Waals surface area contributed by atoms with E-state index in [-0.39, 0.29) is 23.0 Å². The fourth-order valence-corrected chi connectivity index (χ4v) is 3.36. The van der Waals surface area contributed by atoms with E-state index < -0.39 is 12.2 Å². The van der Waals surface area contributed by atoms with Gasteiger partial charge in [-0.25, -0.2) is 4.79 Å². The van der Waals surface area contributed by atoms with Crippen molar-refractivity contribution in [1.29, 1.82) is 0 Å². The van der Waals surface area contributed by atoms with E-state index >= 15 is 0 Å². The molecule has 1 aliphatic carbocycles. The number of allylic oxidation sites excluding steroid dienone is 5. The molecule has 0 aliphatic heterocycles. The molecule has 1 rings (SSSR count). The van der Waals surface area contributed by atoms with E-state index in [1.807, 2.05) is 18.2 Å². The standard InChI is InChI=1S/C24H39NO4/c1-5-6-17-24(2,3)22(27)16-14-19-13-15-21(26)20(19)12-10-8-7-9-11-18-29-23(28)25-4/h8,10,13-16,19-20,22,27H,5-7,9,11-12,17-18H2,1-4H3,(H,25,28)/t19-,20-,22-/m1/s1. The van der Waals surface area contributed by atoms with Crippen LogP contribution in [0, 0.1) is 17.3 Å². The number of rotatable bonds is 13. The molecule has 0 spiro atoms. The van der Waals surface area contributed by atoms with Gasteiger partial charge < -0.3 is 15.2 Å². The lowest BCUT2D eigenvalue weighted by Crippen LogP contribution is -2.27. The molecule has 0 aromatic heterocycles. The molecule has 5 nitrogen and oxygen atoms in total. The van der Waals surface area contributed by atoms with Crippen LogP contribution in [0.1, 0.15) is 65.7 Å². The minimum Gasteiger partial charge on any atom is -0.450 e. The number of unbranched alkanes of at least 4 members (excludes halogenated alkanes) is 3. The number of aliphatic hydroxyl groups excluding tert-OH is 1. The van der Waals surface area contributed by atoms with Crippen LogP contribution in [0.3, 0.4) is 0 Å². The van der Waals surface area contributed by atoms with Crippen molar-refractivity contribution in [3.8, 4) is 0 Å². The van der Waals surface area contributed by atoms with Crippen molar-refractivity contribution in [2.45, 2.75) is 71.8 Å². The maximum Gasteiger partial charge on any atom is 0.406 e. The van der Waals surface area contributed by atoms with Gasteiger partial charge in [0.05, 0.1) is 12.7 Å². The highest BCUT2D eigenvalue weighted by Crippen LogP contribution is 2.31. The number of carbonyl (C=O) groups excluding carboxylic acids is 2. The Morgan fingerprint density at radius 2 is 2.07 bits per heavy atom. The highest BCUT2D eigenvalue weighted by molar-refractivity contribution is 5.95. The van der Waals surface area contributed by atoms with Gasteiger partial charge in [0, 0.05) is 18.9 Å². The van der Waals surface area contributed by atoms with Crippen LogP contribution in [0.5, 0.6) is 0 Å². The van der Waals surface area contributed by atoms with Crippen LogP contribution in [-0.4, -0.2) is 36.7 Å². The molecule has 0 aromatic carbocycles. The van der Waals surface area contributed by atoms with Crippen molar-refractivity contribution in [2.75, 3.05) is 13.7 Å².